The van der Waals surface area contributed by atoms with Gasteiger partial charge in [0.2, 0.25) is 5.43 Å². The van der Waals surface area contributed by atoms with Crippen molar-refractivity contribution < 1.29 is 33.6 Å². The molecule has 3 aromatic carbocycles. The van der Waals surface area contributed by atoms with Crippen LogP contribution in [0.25, 0.3) is 22.1 Å². The Morgan fingerprint density at radius 2 is 1.74 bits per heavy atom. The predicted molar refractivity (Wildman–Crippen MR) is 123 cm³/mol. The standard InChI is InChI=1S/C26H20O8/c1-31-15-7-8-16(20(9-15)32-2)17-10-22(29)34-21-11-19(28)24-25(30)18(12-33-26(24)23(17)21)13-3-5-14(27)6-4-13/h3-9,11-12,17,27-28H,10H2,1-2H3/t17-/m0/s1. The maximum atomic E-state index is 13.4. The van der Waals surface area contributed by atoms with Gasteiger partial charge in [0.05, 0.1) is 26.2 Å². The van der Waals surface area contributed by atoms with E-state index in [1.165, 1.54) is 31.6 Å². The number of benzene rings is 3. The van der Waals surface area contributed by atoms with Gasteiger partial charge >= 0.3 is 5.97 Å². The van der Waals surface area contributed by atoms with E-state index in [9.17, 15) is 19.8 Å². The van der Waals surface area contributed by atoms with E-state index >= 15 is 0 Å². The first-order valence-electron chi connectivity index (χ1n) is 10.4. The van der Waals surface area contributed by atoms with Gasteiger partial charge in [-0.25, -0.2) is 0 Å². The van der Waals surface area contributed by atoms with Crippen LogP contribution in [0, 0.1) is 0 Å². The molecule has 172 valence electrons. The minimum atomic E-state index is -0.553. The molecule has 0 unspecified atom stereocenters. The average Bonchev–Trinajstić information content (AvgIpc) is 2.83. The van der Waals surface area contributed by atoms with E-state index in [0.717, 1.165) is 0 Å². The number of methoxy groups -OCH3 is 2. The smallest absolute Gasteiger partial charge is 0.312 e. The van der Waals surface area contributed by atoms with Gasteiger partial charge in [0.15, 0.2) is 0 Å². The van der Waals surface area contributed by atoms with Crippen LogP contribution in [0.2, 0.25) is 0 Å². The van der Waals surface area contributed by atoms with Gasteiger partial charge in [-0.05, 0) is 23.8 Å². The third-order valence-electron chi connectivity index (χ3n) is 5.96. The molecule has 0 radical (unpaired) electrons. The fraction of sp³-hybridized carbons (Fsp3) is 0.154. The van der Waals surface area contributed by atoms with Gasteiger partial charge in [0.25, 0.3) is 0 Å². The molecule has 1 atom stereocenters. The fourth-order valence-corrected chi connectivity index (χ4v) is 4.34. The summed E-state index contributed by atoms with van der Waals surface area (Å²) in [5.74, 6) is -0.152. The van der Waals surface area contributed by atoms with E-state index in [4.69, 9.17) is 18.6 Å². The van der Waals surface area contributed by atoms with E-state index in [-0.39, 0.29) is 40.2 Å². The van der Waals surface area contributed by atoms with E-state index in [1.807, 2.05) is 0 Å². The quantitative estimate of drug-likeness (QED) is 0.342. The van der Waals surface area contributed by atoms with Crippen molar-refractivity contribution in [3.05, 3.63) is 76.1 Å². The van der Waals surface area contributed by atoms with Crippen LogP contribution in [0.3, 0.4) is 0 Å². The van der Waals surface area contributed by atoms with Crippen LogP contribution in [0.15, 0.2) is 64.0 Å². The zero-order chi connectivity index (χ0) is 24.0. The fourth-order valence-electron chi connectivity index (χ4n) is 4.34. The molecule has 1 aliphatic rings. The molecular formula is C26H20O8. The van der Waals surface area contributed by atoms with Crippen LogP contribution in [-0.4, -0.2) is 30.4 Å². The molecule has 8 nitrogen and oxygen atoms in total. The number of rotatable bonds is 4. The summed E-state index contributed by atoms with van der Waals surface area (Å²) in [4.78, 5) is 25.8. The third kappa shape index (κ3) is 3.40. The van der Waals surface area contributed by atoms with Gasteiger partial charge in [-0.3, -0.25) is 9.59 Å². The Bertz CT molecular complexity index is 1480. The zero-order valence-electron chi connectivity index (χ0n) is 18.3. The highest BCUT2D eigenvalue weighted by atomic mass is 16.5. The van der Waals surface area contributed by atoms with Gasteiger partial charge in [0, 0.05) is 29.2 Å². The van der Waals surface area contributed by atoms with E-state index < -0.39 is 17.3 Å². The second kappa shape index (κ2) is 8.15. The Balaban J connectivity index is 1.77. The summed E-state index contributed by atoms with van der Waals surface area (Å²) in [6.07, 6.45) is 1.29. The lowest BCUT2D eigenvalue weighted by Crippen LogP contribution is -2.22. The lowest BCUT2D eigenvalue weighted by molar-refractivity contribution is -0.135. The highest BCUT2D eigenvalue weighted by molar-refractivity contribution is 5.94. The second-order valence-corrected chi connectivity index (χ2v) is 7.88. The van der Waals surface area contributed by atoms with Gasteiger partial charge in [-0.1, -0.05) is 18.2 Å². The summed E-state index contributed by atoms with van der Waals surface area (Å²) in [5, 5.41) is 20.2. The third-order valence-corrected chi connectivity index (χ3v) is 5.96. The van der Waals surface area contributed by atoms with Gasteiger partial charge in [-0.15, -0.1) is 0 Å². The highest BCUT2D eigenvalue weighted by Crippen LogP contribution is 2.48. The molecule has 4 aromatic rings. The largest absolute Gasteiger partial charge is 0.508 e. The summed E-state index contributed by atoms with van der Waals surface area (Å²) in [5.41, 5.74) is 1.55. The predicted octanol–water partition coefficient (Wildman–Crippen LogP) is 4.33. The molecule has 5 rings (SSSR count). The highest BCUT2D eigenvalue weighted by Gasteiger charge is 2.35. The number of carbonyl (C=O) groups excluding carboxylic acids is 1. The van der Waals surface area contributed by atoms with Gasteiger partial charge in [0.1, 0.15) is 46.0 Å². The van der Waals surface area contributed by atoms with Crippen molar-refractivity contribution in [2.45, 2.75) is 12.3 Å². The number of hydrogen-bond donors (Lipinski definition) is 2. The van der Waals surface area contributed by atoms with E-state index in [2.05, 4.69) is 0 Å². The van der Waals surface area contributed by atoms with Crippen molar-refractivity contribution in [1.82, 2.24) is 0 Å². The Kier molecular flexibility index (Phi) is 5.13. The Morgan fingerprint density at radius 3 is 2.44 bits per heavy atom. The molecule has 0 fully saturated rings. The van der Waals surface area contributed by atoms with Crippen molar-refractivity contribution in [3.8, 4) is 39.9 Å². The number of carbonyl (C=O) groups is 1. The number of hydrogen-bond acceptors (Lipinski definition) is 8. The van der Waals surface area contributed by atoms with Crippen molar-refractivity contribution >= 4 is 16.9 Å². The molecule has 1 aromatic heterocycles. The molecule has 2 heterocycles. The Labute approximate surface area is 193 Å². The maximum absolute atomic E-state index is 13.4. The van der Waals surface area contributed by atoms with Crippen LogP contribution in [-0.2, 0) is 4.79 Å². The summed E-state index contributed by atoms with van der Waals surface area (Å²) in [6.45, 7) is 0. The van der Waals surface area contributed by atoms with Crippen LogP contribution < -0.4 is 19.6 Å². The lowest BCUT2D eigenvalue weighted by Gasteiger charge is -2.27. The first-order valence-corrected chi connectivity index (χ1v) is 10.4. The molecule has 34 heavy (non-hydrogen) atoms. The molecule has 0 aliphatic carbocycles. The Morgan fingerprint density at radius 1 is 0.971 bits per heavy atom. The molecule has 0 amide bonds. The number of aromatic hydroxyl groups is 2. The number of fused-ring (bicyclic) bond motifs is 3. The topological polar surface area (TPSA) is 115 Å². The second-order valence-electron chi connectivity index (χ2n) is 7.88. The van der Waals surface area contributed by atoms with Crippen LogP contribution in [0.5, 0.6) is 28.7 Å². The van der Waals surface area contributed by atoms with Gasteiger partial charge in [-0.2, -0.15) is 0 Å². The minimum absolute atomic E-state index is 0.0149. The number of phenols is 2. The first kappa shape index (κ1) is 21.4. The summed E-state index contributed by atoms with van der Waals surface area (Å²) >= 11 is 0. The van der Waals surface area contributed by atoms with Crippen molar-refractivity contribution in [2.75, 3.05) is 14.2 Å². The average molecular weight is 460 g/mol. The minimum Gasteiger partial charge on any atom is -0.508 e. The van der Waals surface area contributed by atoms with E-state index in [0.29, 0.717) is 28.2 Å². The van der Waals surface area contributed by atoms with Crippen molar-refractivity contribution in [1.29, 1.82) is 0 Å². The lowest BCUT2D eigenvalue weighted by atomic mass is 9.84. The summed E-state index contributed by atoms with van der Waals surface area (Å²) in [6, 6.07) is 12.6. The Hall–Kier alpha value is -4.46. The number of esters is 1. The number of ether oxygens (including phenoxy) is 3. The molecule has 0 saturated heterocycles. The monoisotopic (exact) mass is 460 g/mol. The molecule has 0 bridgehead atoms. The molecular weight excluding hydrogens is 440 g/mol. The van der Waals surface area contributed by atoms with Gasteiger partial charge < -0.3 is 28.8 Å². The van der Waals surface area contributed by atoms with Crippen LogP contribution in [0.4, 0.5) is 0 Å². The van der Waals surface area contributed by atoms with Crippen molar-refractivity contribution in [3.63, 3.8) is 0 Å². The van der Waals surface area contributed by atoms with Crippen molar-refractivity contribution in [2.24, 2.45) is 0 Å². The molecule has 0 spiro atoms. The summed E-state index contributed by atoms with van der Waals surface area (Å²) < 4.78 is 22.1. The zero-order valence-corrected chi connectivity index (χ0v) is 18.3. The molecule has 8 heteroatoms. The SMILES string of the molecule is COc1ccc([C@@H]2CC(=O)Oc3cc(O)c4c(=O)c(-c5ccc(O)cc5)coc4c32)c(OC)c1. The number of phenolic OH excluding ortho intramolecular Hbond substituents is 2. The van der Waals surface area contributed by atoms with Crippen LogP contribution in [0.1, 0.15) is 23.5 Å². The normalized spacial score (nSPS) is 15.0. The summed E-state index contributed by atoms with van der Waals surface area (Å²) in [7, 11) is 3.05. The first-order chi connectivity index (χ1) is 16.4. The van der Waals surface area contributed by atoms with E-state index in [1.54, 1.807) is 37.4 Å². The van der Waals surface area contributed by atoms with Crippen LogP contribution >= 0.6 is 0 Å². The molecule has 0 saturated carbocycles. The molecule has 1 aliphatic heterocycles. The molecule has 2 N–H and O–H groups in total. The maximum Gasteiger partial charge on any atom is 0.312 e.